The Labute approximate surface area is 253 Å². The van der Waals surface area contributed by atoms with Gasteiger partial charge < -0.3 is 14.2 Å². The number of rotatable bonds is 11. The second-order valence-electron chi connectivity index (χ2n) is 10.7. The predicted molar refractivity (Wildman–Crippen MR) is 172 cm³/mol. The van der Waals surface area contributed by atoms with E-state index in [0.717, 1.165) is 53.3 Å². The van der Waals surface area contributed by atoms with Crippen molar-refractivity contribution in [2.45, 2.75) is 66.3 Å². The summed E-state index contributed by atoms with van der Waals surface area (Å²) in [7, 11) is 0. The van der Waals surface area contributed by atoms with Crippen molar-refractivity contribution in [1.29, 1.82) is 0 Å². The molecule has 6 nitrogen and oxygen atoms in total. The van der Waals surface area contributed by atoms with Crippen LogP contribution in [0.1, 0.15) is 75.4 Å². The summed E-state index contributed by atoms with van der Waals surface area (Å²) in [6.07, 6.45) is 0.581. The first-order valence-electron chi connectivity index (χ1n) is 14.4. The quantitative estimate of drug-likeness (QED) is 0.188. The molecule has 1 heterocycles. The number of aromatic nitrogens is 2. The van der Waals surface area contributed by atoms with E-state index in [9.17, 15) is 4.79 Å². The van der Waals surface area contributed by atoms with Crippen LogP contribution in [0.15, 0.2) is 54.6 Å². The molecule has 0 fully saturated rings. The Hall–Kier alpha value is -3.22. The summed E-state index contributed by atoms with van der Waals surface area (Å²) in [6, 6.07) is 18.3. The molecule has 0 saturated carbocycles. The SMILES string of the molecule is CCC(C)c1cccc(Cn2c(C(C)COC(=O)Nc3ccc(N(CC)CC)cc3C)nc3cc(Cl)c(Cl)cc32)c1. The Morgan fingerprint density at radius 3 is 2.41 bits per heavy atom. The second kappa shape index (κ2) is 13.6. The molecule has 3 aromatic carbocycles. The van der Waals surface area contributed by atoms with Gasteiger partial charge in [0.25, 0.3) is 0 Å². The number of aryl methyl sites for hydroxylation is 1. The van der Waals surface area contributed by atoms with E-state index in [0.29, 0.717) is 22.5 Å². The van der Waals surface area contributed by atoms with Crippen LogP contribution in [-0.2, 0) is 11.3 Å². The average molecular weight is 596 g/mol. The molecule has 1 aromatic heterocycles. The number of carbonyl (C=O) groups excluding carboxylic acids is 1. The minimum atomic E-state index is -0.495. The maximum atomic E-state index is 12.8. The predicted octanol–water partition coefficient (Wildman–Crippen LogP) is 9.41. The first kappa shape index (κ1) is 30.7. The highest BCUT2D eigenvalue weighted by Gasteiger charge is 2.21. The van der Waals surface area contributed by atoms with Crippen molar-refractivity contribution < 1.29 is 9.53 Å². The molecule has 2 unspecified atom stereocenters. The summed E-state index contributed by atoms with van der Waals surface area (Å²) in [5.41, 5.74) is 6.98. The van der Waals surface area contributed by atoms with E-state index < -0.39 is 6.09 Å². The van der Waals surface area contributed by atoms with Gasteiger partial charge in [0.2, 0.25) is 0 Å². The van der Waals surface area contributed by atoms with E-state index in [1.807, 2.05) is 32.0 Å². The molecule has 0 spiro atoms. The third-order valence-corrected chi connectivity index (χ3v) is 8.50. The lowest BCUT2D eigenvalue weighted by atomic mass is 9.97. The van der Waals surface area contributed by atoms with Crippen molar-refractivity contribution >= 4 is 51.7 Å². The summed E-state index contributed by atoms with van der Waals surface area (Å²) in [6.45, 7) is 15.3. The number of imidazole rings is 1. The smallest absolute Gasteiger partial charge is 0.411 e. The van der Waals surface area contributed by atoms with Crippen LogP contribution in [-0.4, -0.2) is 35.3 Å². The average Bonchev–Trinajstić information content (AvgIpc) is 3.30. The molecular formula is C33H40Cl2N4O2. The van der Waals surface area contributed by atoms with E-state index in [4.69, 9.17) is 32.9 Å². The van der Waals surface area contributed by atoms with Crippen molar-refractivity contribution in [2.24, 2.45) is 0 Å². The molecule has 0 bridgehead atoms. The van der Waals surface area contributed by atoms with Gasteiger partial charge in [-0.1, -0.05) is 68.2 Å². The summed E-state index contributed by atoms with van der Waals surface area (Å²) >= 11 is 12.8. The normalized spacial score (nSPS) is 12.8. The molecule has 0 saturated heterocycles. The van der Waals surface area contributed by atoms with Crippen LogP contribution in [0.25, 0.3) is 11.0 Å². The lowest BCUT2D eigenvalue weighted by Gasteiger charge is -2.22. The summed E-state index contributed by atoms with van der Waals surface area (Å²) in [5, 5.41) is 3.83. The highest BCUT2D eigenvalue weighted by Crippen LogP contribution is 2.31. The molecule has 8 heteroatoms. The van der Waals surface area contributed by atoms with E-state index in [1.165, 1.54) is 11.1 Å². The standard InChI is InChI=1S/C33H40Cl2N4O2/c1-7-21(4)25-12-10-11-24(16-25)19-39-31-18-28(35)27(34)17-30(31)36-32(39)23(6)20-41-33(40)37-29-14-13-26(15-22(29)5)38(8-2)9-3/h10-18,21,23H,7-9,19-20H2,1-6H3,(H,37,40). The van der Waals surface area contributed by atoms with Crippen molar-refractivity contribution in [3.05, 3.63) is 87.2 Å². The van der Waals surface area contributed by atoms with Gasteiger partial charge in [-0.15, -0.1) is 0 Å². The maximum absolute atomic E-state index is 12.8. The fraction of sp³-hybridized carbons (Fsp3) is 0.394. The minimum absolute atomic E-state index is 0.167. The molecule has 4 rings (SSSR count). The third-order valence-electron chi connectivity index (χ3n) is 7.77. The number of hydrogen-bond donors (Lipinski definition) is 1. The molecule has 0 aliphatic carbocycles. The highest BCUT2D eigenvalue weighted by atomic mass is 35.5. The summed E-state index contributed by atoms with van der Waals surface area (Å²) in [5.74, 6) is 1.11. The number of carbonyl (C=O) groups is 1. The van der Waals surface area contributed by atoms with E-state index in [2.05, 4.69) is 72.8 Å². The van der Waals surface area contributed by atoms with E-state index in [1.54, 1.807) is 6.07 Å². The van der Waals surface area contributed by atoms with Crippen LogP contribution < -0.4 is 10.2 Å². The molecule has 2 atom stereocenters. The zero-order valence-electron chi connectivity index (χ0n) is 24.8. The number of nitrogens with zero attached hydrogens (tertiary/aromatic N) is 3. The molecule has 218 valence electrons. The lowest BCUT2D eigenvalue weighted by Crippen LogP contribution is -2.22. The van der Waals surface area contributed by atoms with Crippen LogP contribution in [0.5, 0.6) is 0 Å². The number of benzene rings is 3. The van der Waals surface area contributed by atoms with Crippen LogP contribution >= 0.6 is 23.2 Å². The van der Waals surface area contributed by atoms with Gasteiger partial charge in [0.15, 0.2) is 0 Å². The Morgan fingerprint density at radius 1 is 1.00 bits per heavy atom. The molecule has 0 aliphatic rings. The van der Waals surface area contributed by atoms with E-state index in [-0.39, 0.29) is 12.5 Å². The largest absolute Gasteiger partial charge is 0.449 e. The molecule has 1 N–H and O–H groups in total. The fourth-order valence-corrected chi connectivity index (χ4v) is 5.41. The molecule has 41 heavy (non-hydrogen) atoms. The van der Waals surface area contributed by atoms with Gasteiger partial charge in [-0.2, -0.15) is 0 Å². The van der Waals surface area contributed by atoms with Crippen molar-refractivity contribution in [3.8, 4) is 0 Å². The van der Waals surface area contributed by atoms with Crippen molar-refractivity contribution in [3.63, 3.8) is 0 Å². The van der Waals surface area contributed by atoms with Crippen molar-refractivity contribution in [1.82, 2.24) is 9.55 Å². The van der Waals surface area contributed by atoms with Crippen LogP contribution in [0.4, 0.5) is 16.2 Å². The van der Waals surface area contributed by atoms with Gasteiger partial charge in [0.05, 0.1) is 21.1 Å². The van der Waals surface area contributed by atoms with Gasteiger partial charge >= 0.3 is 6.09 Å². The molecule has 4 aromatic rings. The van der Waals surface area contributed by atoms with Crippen LogP contribution in [0.3, 0.4) is 0 Å². The summed E-state index contributed by atoms with van der Waals surface area (Å²) in [4.78, 5) is 20.0. The Morgan fingerprint density at radius 2 is 1.73 bits per heavy atom. The third kappa shape index (κ3) is 7.17. The zero-order valence-corrected chi connectivity index (χ0v) is 26.3. The minimum Gasteiger partial charge on any atom is -0.449 e. The van der Waals surface area contributed by atoms with Gasteiger partial charge in [0, 0.05) is 36.9 Å². The Balaban J connectivity index is 1.53. The van der Waals surface area contributed by atoms with Crippen LogP contribution in [0.2, 0.25) is 10.0 Å². The Bertz CT molecular complexity index is 1510. The van der Waals surface area contributed by atoms with Crippen LogP contribution in [0, 0.1) is 6.92 Å². The molecular weight excluding hydrogens is 555 g/mol. The summed E-state index contributed by atoms with van der Waals surface area (Å²) < 4.78 is 7.83. The van der Waals surface area contributed by atoms with E-state index >= 15 is 0 Å². The molecule has 0 radical (unpaired) electrons. The number of ether oxygens (including phenoxy) is 1. The first-order chi connectivity index (χ1) is 19.6. The highest BCUT2D eigenvalue weighted by molar-refractivity contribution is 6.42. The van der Waals surface area contributed by atoms with Gasteiger partial charge in [-0.3, -0.25) is 5.32 Å². The number of fused-ring (bicyclic) bond motifs is 1. The monoisotopic (exact) mass is 594 g/mol. The first-order valence-corrected chi connectivity index (χ1v) is 15.1. The molecule has 0 aliphatic heterocycles. The maximum Gasteiger partial charge on any atom is 0.411 e. The zero-order chi connectivity index (χ0) is 29.7. The lowest BCUT2D eigenvalue weighted by molar-refractivity contribution is 0.154. The second-order valence-corrected chi connectivity index (χ2v) is 11.5. The topological polar surface area (TPSA) is 59.4 Å². The van der Waals surface area contributed by atoms with Gasteiger partial charge in [0.1, 0.15) is 12.4 Å². The number of anilines is 2. The van der Waals surface area contributed by atoms with Crippen molar-refractivity contribution in [2.75, 3.05) is 29.9 Å². The number of amides is 1. The molecule has 1 amide bonds. The number of nitrogens with one attached hydrogen (secondary N) is 1. The number of hydrogen-bond acceptors (Lipinski definition) is 4. The Kier molecular flexibility index (Phi) is 10.2. The fourth-order valence-electron chi connectivity index (χ4n) is 5.09. The number of halogens is 2. The van der Waals surface area contributed by atoms with Gasteiger partial charge in [-0.05, 0) is 80.1 Å². The van der Waals surface area contributed by atoms with Gasteiger partial charge in [-0.25, -0.2) is 9.78 Å².